The van der Waals surface area contributed by atoms with E-state index in [9.17, 15) is 8.42 Å². The molecule has 0 atom stereocenters. The van der Waals surface area contributed by atoms with E-state index in [1.54, 1.807) is 79.0 Å². The van der Waals surface area contributed by atoms with Gasteiger partial charge < -0.3 is 4.42 Å². The lowest BCUT2D eigenvalue weighted by molar-refractivity contribution is 0.357. The highest BCUT2D eigenvalue weighted by Crippen LogP contribution is 2.27. The maximum absolute atomic E-state index is 13.6. The van der Waals surface area contributed by atoms with E-state index in [4.69, 9.17) is 39.2 Å². The molecule has 0 saturated carbocycles. The van der Waals surface area contributed by atoms with Gasteiger partial charge in [-0.3, -0.25) is 4.99 Å². The molecule has 35 heavy (non-hydrogen) atoms. The molecular weight excluding hydrogens is 527 g/mol. The van der Waals surface area contributed by atoms with Gasteiger partial charge >= 0.3 is 0 Å². The standard InChI is InChI=1S/C26H21Cl3N2O3S/c1-18-5-11-25(12-6-18)35(32,33)31(16-19-7-8-21(28)14-26(19)29)17-24-10-9-23(34-24)15-30-22-4-2-3-20(27)13-22/h2-15H,16-17H2,1H3. The number of sulfonamides is 1. The number of hydrogen-bond donors (Lipinski definition) is 0. The summed E-state index contributed by atoms with van der Waals surface area (Å²) in [4.78, 5) is 4.54. The summed E-state index contributed by atoms with van der Waals surface area (Å²) in [5, 5.41) is 1.44. The minimum Gasteiger partial charge on any atom is -0.459 e. The van der Waals surface area contributed by atoms with E-state index in [1.165, 1.54) is 4.31 Å². The number of hydrogen-bond acceptors (Lipinski definition) is 4. The Morgan fingerprint density at radius 1 is 0.886 bits per heavy atom. The highest BCUT2D eigenvalue weighted by atomic mass is 35.5. The molecule has 0 amide bonds. The van der Waals surface area contributed by atoms with Crippen LogP contribution < -0.4 is 0 Å². The van der Waals surface area contributed by atoms with Gasteiger partial charge in [-0.2, -0.15) is 4.31 Å². The average Bonchev–Trinajstić information content (AvgIpc) is 3.27. The molecule has 9 heteroatoms. The summed E-state index contributed by atoms with van der Waals surface area (Å²) in [7, 11) is -3.86. The van der Waals surface area contributed by atoms with Crippen LogP contribution in [0.15, 0.2) is 93.2 Å². The molecule has 5 nitrogen and oxygen atoms in total. The topological polar surface area (TPSA) is 62.9 Å². The van der Waals surface area contributed by atoms with Gasteiger partial charge in [0.15, 0.2) is 0 Å². The molecule has 0 aliphatic heterocycles. The predicted octanol–water partition coefficient (Wildman–Crippen LogP) is 7.69. The number of aryl methyl sites for hydroxylation is 1. The van der Waals surface area contributed by atoms with Gasteiger partial charge in [0.1, 0.15) is 11.5 Å². The van der Waals surface area contributed by atoms with Gasteiger partial charge in [0.25, 0.3) is 0 Å². The Morgan fingerprint density at radius 2 is 1.63 bits per heavy atom. The second-order valence-corrected chi connectivity index (χ2v) is 11.1. The molecule has 0 fully saturated rings. The lowest BCUT2D eigenvalue weighted by atomic mass is 10.2. The zero-order chi connectivity index (χ0) is 25.0. The molecule has 0 saturated heterocycles. The van der Waals surface area contributed by atoms with Gasteiger partial charge in [-0.25, -0.2) is 8.42 Å². The van der Waals surface area contributed by atoms with E-state index < -0.39 is 10.0 Å². The third-order valence-electron chi connectivity index (χ3n) is 5.18. The van der Waals surface area contributed by atoms with Crippen LogP contribution in [-0.2, 0) is 23.1 Å². The molecule has 0 radical (unpaired) electrons. The zero-order valence-corrected chi connectivity index (χ0v) is 21.7. The Balaban J connectivity index is 1.62. The maximum Gasteiger partial charge on any atom is 0.243 e. The first-order valence-electron chi connectivity index (χ1n) is 10.6. The van der Waals surface area contributed by atoms with Crippen LogP contribution in [0.3, 0.4) is 0 Å². The van der Waals surface area contributed by atoms with Crippen molar-refractivity contribution >= 4 is 56.7 Å². The Morgan fingerprint density at radius 3 is 2.34 bits per heavy atom. The SMILES string of the molecule is Cc1ccc(S(=O)(=O)N(Cc2ccc(C=Nc3cccc(Cl)c3)o2)Cc2ccc(Cl)cc2Cl)cc1. The van der Waals surface area contributed by atoms with Crippen LogP contribution >= 0.6 is 34.8 Å². The summed E-state index contributed by atoms with van der Waals surface area (Å²) >= 11 is 18.4. The lowest BCUT2D eigenvalue weighted by Crippen LogP contribution is -2.30. The number of nitrogens with zero attached hydrogens (tertiary/aromatic N) is 2. The van der Waals surface area contributed by atoms with E-state index >= 15 is 0 Å². The van der Waals surface area contributed by atoms with Crippen LogP contribution in [0.1, 0.15) is 22.6 Å². The fraction of sp³-hybridized carbons (Fsp3) is 0.115. The van der Waals surface area contributed by atoms with E-state index in [0.29, 0.717) is 37.8 Å². The first kappa shape index (κ1) is 25.5. The number of rotatable bonds is 8. The summed E-state index contributed by atoms with van der Waals surface area (Å²) in [5.74, 6) is 0.940. The fourth-order valence-corrected chi connectivity index (χ4v) is 5.38. The minimum absolute atomic E-state index is 0.000169. The largest absolute Gasteiger partial charge is 0.459 e. The first-order valence-corrected chi connectivity index (χ1v) is 13.2. The molecule has 0 spiro atoms. The van der Waals surface area contributed by atoms with Crippen LogP contribution in [0, 0.1) is 6.92 Å². The van der Waals surface area contributed by atoms with Crippen molar-refractivity contribution in [3.63, 3.8) is 0 Å². The van der Waals surface area contributed by atoms with Gasteiger partial charge in [-0.1, -0.05) is 64.6 Å². The zero-order valence-electron chi connectivity index (χ0n) is 18.7. The number of halogens is 3. The summed E-state index contributed by atoms with van der Waals surface area (Å²) in [6.45, 7) is 1.94. The average molecular weight is 548 g/mol. The van der Waals surface area contributed by atoms with Crippen molar-refractivity contribution in [3.05, 3.63) is 117 Å². The summed E-state index contributed by atoms with van der Waals surface area (Å²) in [5.41, 5.74) is 2.27. The molecule has 0 N–H and O–H groups in total. The fourth-order valence-electron chi connectivity index (χ4n) is 3.34. The summed E-state index contributed by atoms with van der Waals surface area (Å²) in [6.07, 6.45) is 1.56. The Bertz CT molecular complexity index is 1470. The Hall–Kier alpha value is -2.61. The highest BCUT2D eigenvalue weighted by molar-refractivity contribution is 7.89. The second kappa shape index (κ2) is 11.0. The van der Waals surface area contributed by atoms with Crippen LogP contribution in [0.25, 0.3) is 0 Å². The van der Waals surface area contributed by atoms with Gasteiger partial charge in [0.2, 0.25) is 10.0 Å². The molecule has 180 valence electrons. The van der Waals surface area contributed by atoms with Gasteiger partial charge in [0, 0.05) is 21.6 Å². The van der Waals surface area contributed by atoms with Crippen molar-refractivity contribution < 1.29 is 12.8 Å². The van der Waals surface area contributed by atoms with E-state index in [0.717, 1.165) is 5.56 Å². The molecule has 4 rings (SSSR count). The number of aliphatic imine (C=N–C) groups is 1. The molecule has 1 heterocycles. The predicted molar refractivity (Wildman–Crippen MR) is 141 cm³/mol. The molecule has 0 unspecified atom stereocenters. The molecule has 3 aromatic carbocycles. The summed E-state index contributed by atoms with van der Waals surface area (Å²) in [6, 6.07) is 22.3. The highest BCUT2D eigenvalue weighted by Gasteiger charge is 2.26. The van der Waals surface area contributed by atoms with Crippen LogP contribution in [0.4, 0.5) is 5.69 Å². The summed E-state index contributed by atoms with van der Waals surface area (Å²) < 4.78 is 34.3. The minimum atomic E-state index is -3.86. The molecule has 0 aliphatic rings. The van der Waals surface area contributed by atoms with Crippen molar-refractivity contribution in [1.82, 2.24) is 4.31 Å². The number of furan rings is 1. The Kier molecular flexibility index (Phi) is 7.99. The van der Waals surface area contributed by atoms with Crippen molar-refractivity contribution in [2.45, 2.75) is 24.9 Å². The third kappa shape index (κ3) is 6.54. The van der Waals surface area contributed by atoms with Crippen LogP contribution in [0.2, 0.25) is 15.1 Å². The molecular formula is C26H21Cl3N2O3S. The van der Waals surface area contributed by atoms with E-state index in [-0.39, 0.29) is 18.0 Å². The van der Waals surface area contributed by atoms with Crippen molar-refractivity contribution in [3.8, 4) is 0 Å². The third-order valence-corrected chi connectivity index (χ3v) is 7.81. The van der Waals surface area contributed by atoms with Gasteiger partial charge in [0.05, 0.1) is 23.3 Å². The first-order chi connectivity index (χ1) is 16.7. The van der Waals surface area contributed by atoms with Crippen LogP contribution in [0.5, 0.6) is 0 Å². The van der Waals surface area contributed by atoms with E-state index in [1.807, 2.05) is 13.0 Å². The molecule has 0 aliphatic carbocycles. The van der Waals surface area contributed by atoms with Gasteiger partial charge in [-0.05, 0) is 67.1 Å². The van der Waals surface area contributed by atoms with Crippen molar-refractivity contribution in [2.24, 2.45) is 4.99 Å². The van der Waals surface area contributed by atoms with Crippen molar-refractivity contribution in [1.29, 1.82) is 0 Å². The molecule has 4 aromatic rings. The van der Waals surface area contributed by atoms with Crippen LogP contribution in [-0.4, -0.2) is 18.9 Å². The molecule has 0 bridgehead atoms. The van der Waals surface area contributed by atoms with E-state index in [2.05, 4.69) is 4.99 Å². The monoisotopic (exact) mass is 546 g/mol. The second-order valence-electron chi connectivity index (χ2n) is 7.86. The lowest BCUT2D eigenvalue weighted by Gasteiger charge is -2.22. The van der Waals surface area contributed by atoms with Gasteiger partial charge in [-0.15, -0.1) is 0 Å². The Labute approximate surface area is 219 Å². The number of benzene rings is 3. The maximum atomic E-state index is 13.6. The molecule has 1 aromatic heterocycles. The smallest absolute Gasteiger partial charge is 0.243 e. The van der Waals surface area contributed by atoms with Crippen molar-refractivity contribution in [2.75, 3.05) is 0 Å². The normalized spacial score (nSPS) is 12.0. The quantitative estimate of drug-likeness (QED) is 0.212.